The normalized spacial score (nSPS) is 15.3. The number of allylic oxidation sites excluding steroid dienone is 4. The number of benzene rings is 10. The first-order chi connectivity index (χ1) is 30.0. The molecule has 0 saturated heterocycles. The van der Waals surface area contributed by atoms with E-state index in [-0.39, 0.29) is 11.3 Å². The Bertz CT molecular complexity index is 3330. The van der Waals surface area contributed by atoms with Crippen molar-refractivity contribution in [2.24, 2.45) is 0 Å². The lowest BCUT2D eigenvalue weighted by atomic mass is 9.80. The molecule has 0 aromatic heterocycles. The van der Waals surface area contributed by atoms with Crippen LogP contribution >= 0.6 is 0 Å². The van der Waals surface area contributed by atoms with Crippen molar-refractivity contribution in [3.8, 4) is 44.5 Å². The largest absolute Gasteiger partial charge is 0.0760 e. The summed E-state index contributed by atoms with van der Waals surface area (Å²) in [5.74, 6) is 0.283. The topological polar surface area (TPSA) is 0 Å². The van der Waals surface area contributed by atoms with Crippen LogP contribution in [0.15, 0.2) is 212 Å². The molecule has 0 heteroatoms. The Morgan fingerprint density at radius 1 is 0.377 bits per heavy atom. The first-order valence-corrected chi connectivity index (χ1v) is 21.7. The van der Waals surface area contributed by atoms with Crippen LogP contribution in [0.25, 0.3) is 93.2 Å². The van der Waals surface area contributed by atoms with E-state index in [1.165, 1.54) is 115 Å². The molecule has 0 nitrogen and oxygen atoms in total. The van der Waals surface area contributed by atoms with Gasteiger partial charge in [-0.15, -0.1) is 0 Å². The Kier molecular flexibility index (Phi) is 8.12. The van der Waals surface area contributed by atoms with Gasteiger partial charge in [0.15, 0.2) is 0 Å². The summed E-state index contributed by atoms with van der Waals surface area (Å²) in [4.78, 5) is 0. The summed E-state index contributed by atoms with van der Waals surface area (Å²) < 4.78 is 0. The van der Waals surface area contributed by atoms with Gasteiger partial charge in [-0.3, -0.25) is 0 Å². The zero-order valence-corrected chi connectivity index (χ0v) is 34.5. The smallest absolute Gasteiger partial charge is 0.0159 e. The molecular formula is C61H44. The van der Waals surface area contributed by atoms with Crippen molar-refractivity contribution in [2.75, 3.05) is 0 Å². The van der Waals surface area contributed by atoms with E-state index in [0.717, 1.165) is 6.42 Å². The summed E-state index contributed by atoms with van der Waals surface area (Å²) in [5, 5.41) is 10.4. The molecule has 0 heterocycles. The van der Waals surface area contributed by atoms with Crippen LogP contribution in [0.5, 0.6) is 0 Å². The fourth-order valence-electron chi connectivity index (χ4n) is 11.0. The van der Waals surface area contributed by atoms with E-state index in [2.05, 4.69) is 226 Å². The van der Waals surface area contributed by atoms with Crippen LogP contribution < -0.4 is 0 Å². The molecule has 10 aromatic rings. The van der Waals surface area contributed by atoms with Crippen LogP contribution in [0.2, 0.25) is 0 Å². The zero-order chi connectivity index (χ0) is 40.7. The number of rotatable bonds is 5. The van der Waals surface area contributed by atoms with Crippen LogP contribution in [-0.4, -0.2) is 0 Å². The molecule has 61 heavy (non-hydrogen) atoms. The summed E-state index contributed by atoms with van der Waals surface area (Å²) in [5.41, 5.74) is 17.1. The lowest BCUT2D eigenvalue weighted by molar-refractivity contribution is 0.660. The standard InChI is InChI=1S/C61H44/c1-61(2)55-27-15-14-18-45(55)46-37-36-44(38-56(46)61)60-53-25-12-10-23-51(53)59(52-24-11-13-26-54(52)60)43-34-30-40(31-35-43)39-28-32-42(33-29-39)58-49-21-8-6-19-47(49)57(41-16-4-3-5-17-41)48-20-7-9-22-50(48)58/h3-32,34-38,42H,33H2,1-2H3. The first-order valence-electron chi connectivity index (χ1n) is 21.7. The van der Waals surface area contributed by atoms with E-state index >= 15 is 0 Å². The number of fused-ring (bicyclic) bond motifs is 7. The SMILES string of the molecule is CC1(C)c2ccccc2-c2ccc(-c3c4ccccc4c(-c4ccc(C5=CCC(c6c7ccccc7c(-c7ccccc7)c7ccccc67)C=C5)cc4)c4ccccc34)cc21. The van der Waals surface area contributed by atoms with Crippen LogP contribution in [0, 0.1) is 0 Å². The quantitative estimate of drug-likeness (QED) is 0.153. The molecule has 0 N–H and O–H groups in total. The Labute approximate surface area is 357 Å². The van der Waals surface area contributed by atoms with Crippen molar-refractivity contribution >= 4 is 48.7 Å². The maximum atomic E-state index is 2.47. The molecule has 1 atom stereocenters. The van der Waals surface area contributed by atoms with E-state index in [0.29, 0.717) is 0 Å². The van der Waals surface area contributed by atoms with E-state index in [1.807, 2.05) is 0 Å². The molecule has 2 aliphatic carbocycles. The molecule has 288 valence electrons. The second kappa shape index (κ2) is 13.9. The highest BCUT2D eigenvalue weighted by Gasteiger charge is 2.35. The Morgan fingerprint density at radius 2 is 0.803 bits per heavy atom. The van der Waals surface area contributed by atoms with Crippen LogP contribution in [0.4, 0.5) is 0 Å². The van der Waals surface area contributed by atoms with Gasteiger partial charge in [0, 0.05) is 11.3 Å². The molecule has 10 aromatic carbocycles. The lowest BCUT2D eigenvalue weighted by Gasteiger charge is -2.23. The van der Waals surface area contributed by atoms with Crippen molar-refractivity contribution in [3.63, 3.8) is 0 Å². The second-order valence-electron chi connectivity index (χ2n) is 17.5. The van der Waals surface area contributed by atoms with Gasteiger partial charge in [-0.25, -0.2) is 0 Å². The molecule has 0 radical (unpaired) electrons. The summed E-state index contributed by atoms with van der Waals surface area (Å²) in [6.45, 7) is 4.74. The van der Waals surface area contributed by atoms with Crippen molar-refractivity contribution in [1.82, 2.24) is 0 Å². The third-order valence-electron chi connectivity index (χ3n) is 13.8. The number of hydrogen-bond acceptors (Lipinski definition) is 0. The molecule has 0 saturated carbocycles. The van der Waals surface area contributed by atoms with Crippen LogP contribution in [-0.2, 0) is 5.41 Å². The maximum absolute atomic E-state index is 2.47. The minimum Gasteiger partial charge on any atom is -0.0760 e. The molecule has 0 aliphatic heterocycles. The van der Waals surface area contributed by atoms with Gasteiger partial charge in [-0.1, -0.05) is 220 Å². The van der Waals surface area contributed by atoms with Gasteiger partial charge in [0.2, 0.25) is 0 Å². The van der Waals surface area contributed by atoms with Crippen molar-refractivity contribution < 1.29 is 0 Å². The van der Waals surface area contributed by atoms with Gasteiger partial charge in [-0.2, -0.15) is 0 Å². The number of hydrogen-bond donors (Lipinski definition) is 0. The Balaban J connectivity index is 0.914. The molecule has 12 rings (SSSR count). The fraction of sp³-hybridized carbons (Fsp3) is 0.0820. The molecule has 0 spiro atoms. The second-order valence-corrected chi connectivity index (χ2v) is 17.5. The van der Waals surface area contributed by atoms with Crippen molar-refractivity contribution in [3.05, 3.63) is 235 Å². The average Bonchev–Trinajstić information content (AvgIpc) is 3.55. The van der Waals surface area contributed by atoms with Gasteiger partial charge in [-0.05, 0) is 128 Å². The van der Waals surface area contributed by atoms with E-state index in [4.69, 9.17) is 0 Å². The molecule has 1 unspecified atom stereocenters. The third-order valence-corrected chi connectivity index (χ3v) is 13.8. The molecule has 0 fully saturated rings. The summed E-state index contributed by atoms with van der Waals surface area (Å²) in [6.07, 6.45) is 8.20. The predicted octanol–water partition coefficient (Wildman–Crippen LogP) is 16.7. The van der Waals surface area contributed by atoms with Crippen molar-refractivity contribution in [2.45, 2.75) is 31.6 Å². The molecule has 0 amide bonds. The van der Waals surface area contributed by atoms with Crippen molar-refractivity contribution in [1.29, 1.82) is 0 Å². The minimum atomic E-state index is -0.0595. The van der Waals surface area contributed by atoms with E-state index in [9.17, 15) is 0 Å². The van der Waals surface area contributed by atoms with E-state index in [1.54, 1.807) is 0 Å². The summed E-state index contributed by atoms with van der Waals surface area (Å²) in [7, 11) is 0. The van der Waals surface area contributed by atoms with Crippen LogP contribution in [0.3, 0.4) is 0 Å². The average molecular weight is 777 g/mol. The Morgan fingerprint density at radius 3 is 1.36 bits per heavy atom. The van der Waals surface area contributed by atoms with Gasteiger partial charge in [0.1, 0.15) is 0 Å². The highest BCUT2D eigenvalue weighted by Crippen LogP contribution is 2.51. The molecule has 2 aliphatic rings. The monoisotopic (exact) mass is 776 g/mol. The first kappa shape index (κ1) is 35.6. The van der Waals surface area contributed by atoms with Crippen LogP contribution in [0.1, 0.15) is 48.4 Å². The third kappa shape index (κ3) is 5.52. The highest BCUT2D eigenvalue weighted by molar-refractivity contribution is 6.21. The summed E-state index contributed by atoms with van der Waals surface area (Å²) >= 11 is 0. The highest BCUT2D eigenvalue weighted by atomic mass is 14.4. The van der Waals surface area contributed by atoms with E-state index < -0.39 is 0 Å². The van der Waals surface area contributed by atoms with Gasteiger partial charge in [0.05, 0.1) is 0 Å². The predicted molar refractivity (Wildman–Crippen MR) is 261 cm³/mol. The maximum Gasteiger partial charge on any atom is 0.0159 e. The van der Waals surface area contributed by atoms with Gasteiger partial charge >= 0.3 is 0 Å². The van der Waals surface area contributed by atoms with Gasteiger partial charge in [0.25, 0.3) is 0 Å². The summed E-state index contributed by atoms with van der Waals surface area (Å²) in [6, 6.07) is 72.3. The lowest BCUT2D eigenvalue weighted by Crippen LogP contribution is -2.14. The fourth-order valence-corrected chi connectivity index (χ4v) is 11.0. The molecule has 0 bridgehead atoms. The Hall–Kier alpha value is -7.28. The minimum absolute atomic E-state index is 0.0595. The van der Waals surface area contributed by atoms with Gasteiger partial charge < -0.3 is 0 Å². The zero-order valence-electron chi connectivity index (χ0n) is 34.5. The molecular weight excluding hydrogens is 733 g/mol.